The van der Waals surface area contributed by atoms with E-state index in [0.717, 1.165) is 5.39 Å². The van der Waals surface area contributed by atoms with Crippen molar-refractivity contribution in [3.8, 4) is 0 Å². The summed E-state index contributed by atoms with van der Waals surface area (Å²) in [6.07, 6.45) is 0. The van der Waals surface area contributed by atoms with Crippen molar-refractivity contribution in [2.24, 2.45) is 0 Å². The maximum Gasteiger partial charge on any atom is 0.261 e. The van der Waals surface area contributed by atoms with E-state index in [4.69, 9.17) is 11.5 Å². The van der Waals surface area contributed by atoms with Crippen LogP contribution in [-0.4, -0.2) is 48.8 Å². The Bertz CT molecular complexity index is 742. The van der Waals surface area contributed by atoms with Gasteiger partial charge in [-0.3, -0.25) is 14.5 Å². The number of rotatable bonds is 3. The Morgan fingerprint density at radius 2 is 1.45 bits per heavy atom. The number of anilines is 2. The van der Waals surface area contributed by atoms with E-state index in [9.17, 15) is 9.59 Å². The highest BCUT2D eigenvalue weighted by Crippen LogP contribution is 2.33. The van der Waals surface area contributed by atoms with Crippen LogP contribution in [0, 0.1) is 0 Å². The van der Waals surface area contributed by atoms with Gasteiger partial charge in [0.25, 0.3) is 11.8 Å². The molecule has 1 aliphatic heterocycles. The molecular weight excluding hydrogens is 280 g/mol. The second-order valence-electron chi connectivity index (χ2n) is 5.80. The number of imide groups is 1. The molecular formula is C16H18N4O2. The fourth-order valence-electron chi connectivity index (χ4n) is 2.79. The standard InChI is InChI=1S/C16H18N4O2/c1-19(2)3-4-20-15(21)12-7-10(17)5-9-6-11(18)8-13(14(9)12)16(20)22/h5-8H,3-4,17-18H2,1-2H3. The molecule has 0 saturated carbocycles. The second kappa shape index (κ2) is 4.99. The third kappa shape index (κ3) is 2.17. The van der Waals surface area contributed by atoms with E-state index in [0.29, 0.717) is 41.0 Å². The Kier molecular flexibility index (Phi) is 3.26. The normalized spacial score (nSPS) is 14.2. The summed E-state index contributed by atoms with van der Waals surface area (Å²) < 4.78 is 0. The van der Waals surface area contributed by atoms with Crippen LogP contribution in [0.5, 0.6) is 0 Å². The highest BCUT2D eigenvalue weighted by molar-refractivity contribution is 6.26. The van der Waals surface area contributed by atoms with Crippen molar-refractivity contribution in [1.29, 1.82) is 0 Å². The van der Waals surface area contributed by atoms with E-state index in [1.54, 1.807) is 24.3 Å². The van der Waals surface area contributed by atoms with Gasteiger partial charge in [-0.25, -0.2) is 0 Å². The average molecular weight is 298 g/mol. The van der Waals surface area contributed by atoms with Gasteiger partial charge in [-0.15, -0.1) is 0 Å². The zero-order valence-electron chi connectivity index (χ0n) is 12.6. The molecule has 0 spiro atoms. The monoisotopic (exact) mass is 298 g/mol. The summed E-state index contributed by atoms with van der Waals surface area (Å²) in [6.45, 7) is 0.926. The Morgan fingerprint density at radius 1 is 0.955 bits per heavy atom. The number of benzene rings is 2. The van der Waals surface area contributed by atoms with Crippen LogP contribution in [0.25, 0.3) is 10.8 Å². The Morgan fingerprint density at radius 3 is 1.91 bits per heavy atom. The zero-order chi connectivity index (χ0) is 16.0. The van der Waals surface area contributed by atoms with E-state index in [1.807, 2.05) is 19.0 Å². The number of likely N-dealkylation sites (N-methyl/N-ethyl adjacent to an activating group) is 1. The first-order valence-electron chi connectivity index (χ1n) is 7.02. The molecule has 0 radical (unpaired) electrons. The molecule has 1 aliphatic rings. The van der Waals surface area contributed by atoms with E-state index < -0.39 is 0 Å². The highest BCUT2D eigenvalue weighted by Gasteiger charge is 2.33. The van der Waals surface area contributed by atoms with Gasteiger partial charge < -0.3 is 16.4 Å². The van der Waals surface area contributed by atoms with Crippen LogP contribution in [0.1, 0.15) is 20.7 Å². The van der Waals surface area contributed by atoms with Gasteiger partial charge in [0.2, 0.25) is 0 Å². The minimum absolute atomic E-state index is 0.304. The van der Waals surface area contributed by atoms with Crippen LogP contribution < -0.4 is 11.5 Å². The predicted octanol–water partition coefficient (Wildman–Crippen LogP) is 1.16. The van der Waals surface area contributed by atoms with E-state index in [-0.39, 0.29) is 11.8 Å². The largest absolute Gasteiger partial charge is 0.399 e. The molecule has 0 aromatic heterocycles. The van der Waals surface area contributed by atoms with Gasteiger partial charge in [0.15, 0.2) is 0 Å². The molecule has 0 aliphatic carbocycles. The van der Waals surface area contributed by atoms with Crippen molar-refractivity contribution in [2.75, 3.05) is 38.7 Å². The van der Waals surface area contributed by atoms with Crippen molar-refractivity contribution in [1.82, 2.24) is 9.80 Å². The molecule has 0 fully saturated rings. The lowest BCUT2D eigenvalue weighted by atomic mass is 9.93. The molecule has 2 amide bonds. The minimum Gasteiger partial charge on any atom is -0.399 e. The van der Waals surface area contributed by atoms with Crippen molar-refractivity contribution >= 4 is 34.0 Å². The third-order valence-electron chi connectivity index (χ3n) is 3.82. The molecule has 22 heavy (non-hydrogen) atoms. The first kappa shape index (κ1) is 14.3. The van der Waals surface area contributed by atoms with E-state index >= 15 is 0 Å². The second-order valence-corrected chi connectivity index (χ2v) is 5.80. The summed E-state index contributed by atoms with van der Waals surface area (Å²) in [6, 6.07) is 6.71. The van der Waals surface area contributed by atoms with Gasteiger partial charge >= 0.3 is 0 Å². The molecule has 6 heteroatoms. The maximum atomic E-state index is 12.7. The van der Waals surface area contributed by atoms with Crippen LogP contribution in [-0.2, 0) is 0 Å². The lowest BCUT2D eigenvalue weighted by molar-refractivity contribution is 0.0601. The highest BCUT2D eigenvalue weighted by atomic mass is 16.2. The number of nitrogens with zero attached hydrogens (tertiary/aromatic N) is 2. The minimum atomic E-state index is -0.304. The summed E-state index contributed by atoms with van der Waals surface area (Å²) in [5, 5.41) is 1.36. The van der Waals surface area contributed by atoms with Crippen molar-refractivity contribution in [3.63, 3.8) is 0 Å². The number of nitrogens with two attached hydrogens (primary N) is 2. The topological polar surface area (TPSA) is 92.7 Å². The summed E-state index contributed by atoms with van der Waals surface area (Å²) in [7, 11) is 3.78. The van der Waals surface area contributed by atoms with Crippen molar-refractivity contribution in [2.45, 2.75) is 0 Å². The zero-order valence-corrected chi connectivity index (χ0v) is 12.6. The Hall–Kier alpha value is -2.60. The van der Waals surface area contributed by atoms with E-state index in [1.165, 1.54) is 4.90 Å². The molecule has 0 atom stereocenters. The molecule has 0 bridgehead atoms. The first-order valence-corrected chi connectivity index (χ1v) is 7.02. The molecule has 2 aromatic carbocycles. The summed E-state index contributed by atoms with van der Waals surface area (Å²) in [4.78, 5) is 28.5. The molecule has 6 nitrogen and oxygen atoms in total. The summed E-state index contributed by atoms with van der Waals surface area (Å²) in [5.74, 6) is -0.608. The fraction of sp³-hybridized carbons (Fsp3) is 0.250. The maximum absolute atomic E-state index is 12.7. The van der Waals surface area contributed by atoms with Crippen LogP contribution in [0.15, 0.2) is 24.3 Å². The number of hydrogen-bond acceptors (Lipinski definition) is 5. The Labute approximate surface area is 128 Å². The van der Waals surface area contributed by atoms with Gasteiger partial charge in [-0.05, 0) is 43.7 Å². The van der Waals surface area contributed by atoms with Gasteiger partial charge in [-0.2, -0.15) is 0 Å². The molecule has 2 aromatic rings. The summed E-state index contributed by atoms with van der Waals surface area (Å²) in [5.41, 5.74) is 13.7. The quantitative estimate of drug-likeness (QED) is 0.655. The van der Waals surface area contributed by atoms with Crippen LogP contribution in [0.2, 0.25) is 0 Å². The average Bonchev–Trinajstić information content (AvgIpc) is 2.43. The molecule has 3 rings (SSSR count). The van der Waals surface area contributed by atoms with Gasteiger partial charge in [0.1, 0.15) is 0 Å². The number of amides is 2. The molecule has 0 saturated heterocycles. The van der Waals surface area contributed by atoms with Crippen LogP contribution >= 0.6 is 0 Å². The number of nitrogen functional groups attached to an aromatic ring is 2. The Balaban J connectivity index is 2.20. The van der Waals surface area contributed by atoms with Crippen molar-refractivity contribution < 1.29 is 9.59 Å². The van der Waals surface area contributed by atoms with Gasteiger partial charge in [-0.1, -0.05) is 0 Å². The number of carbonyl (C=O) groups is 2. The van der Waals surface area contributed by atoms with Gasteiger partial charge in [0, 0.05) is 29.9 Å². The van der Waals surface area contributed by atoms with Crippen molar-refractivity contribution in [3.05, 3.63) is 35.4 Å². The molecule has 114 valence electrons. The molecule has 1 heterocycles. The molecule has 0 unspecified atom stereocenters. The van der Waals surface area contributed by atoms with E-state index in [2.05, 4.69) is 0 Å². The van der Waals surface area contributed by atoms with Crippen LogP contribution in [0.3, 0.4) is 0 Å². The predicted molar refractivity (Wildman–Crippen MR) is 86.7 cm³/mol. The lowest BCUT2D eigenvalue weighted by Crippen LogP contribution is -2.43. The lowest BCUT2D eigenvalue weighted by Gasteiger charge is -2.28. The first-order chi connectivity index (χ1) is 10.4. The van der Waals surface area contributed by atoms with Gasteiger partial charge in [0.05, 0.1) is 11.1 Å². The number of hydrogen-bond donors (Lipinski definition) is 2. The number of carbonyl (C=O) groups excluding carboxylic acids is 2. The smallest absolute Gasteiger partial charge is 0.261 e. The summed E-state index contributed by atoms with van der Waals surface area (Å²) >= 11 is 0. The SMILES string of the molecule is CN(C)CCN1C(=O)c2cc(N)cc3cc(N)cc(c23)C1=O. The van der Waals surface area contributed by atoms with Crippen LogP contribution in [0.4, 0.5) is 11.4 Å². The molecule has 4 N–H and O–H groups in total. The fourth-order valence-corrected chi connectivity index (χ4v) is 2.79. The third-order valence-corrected chi connectivity index (χ3v) is 3.82.